The van der Waals surface area contributed by atoms with Gasteiger partial charge in [-0.3, -0.25) is 0 Å². The molecule has 8 heteroatoms. The molecule has 0 bridgehead atoms. The Balaban J connectivity index is 1.57. The van der Waals surface area contributed by atoms with Crippen molar-refractivity contribution >= 4 is 21.6 Å². The highest BCUT2D eigenvalue weighted by atomic mass is 32.2. The van der Waals surface area contributed by atoms with E-state index in [4.69, 9.17) is 9.15 Å². The van der Waals surface area contributed by atoms with E-state index in [1.54, 1.807) is 7.11 Å². The summed E-state index contributed by atoms with van der Waals surface area (Å²) < 4.78 is 33.9. The summed E-state index contributed by atoms with van der Waals surface area (Å²) in [7, 11) is -1.23. The molecule has 23 heavy (non-hydrogen) atoms. The first-order valence-electron chi connectivity index (χ1n) is 7.33. The third-order valence-electron chi connectivity index (χ3n) is 3.78. The zero-order valence-corrected chi connectivity index (χ0v) is 14.4. The summed E-state index contributed by atoms with van der Waals surface area (Å²) >= 11 is 1.44. The van der Waals surface area contributed by atoms with E-state index < -0.39 is 9.84 Å². The maximum Gasteiger partial charge on any atom is 0.276 e. The minimum Gasteiger partial charge on any atom is -0.496 e. The second kappa shape index (κ2) is 6.92. The third-order valence-corrected chi connectivity index (χ3v) is 6.49. The molecule has 0 spiro atoms. The molecule has 1 saturated heterocycles. The lowest BCUT2D eigenvalue weighted by Crippen LogP contribution is -2.07. The smallest absolute Gasteiger partial charge is 0.276 e. The van der Waals surface area contributed by atoms with Crippen LogP contribution >= 0.6 is 11.8 Å². The number of aromatic nitrogens is 2. The number of thioether (sulfide) groups is 1. The second-order valence-corrected chi connectivity index (χ2v) is 8.69. The zero-order valence-electron chi connectivity index (χ0n) is 12.8. The van der Waals surface area contributed by atoms with Gasteiger partial charge >= 0.3 is 0 Å². The molecular weight excluding hydrogens is 336 g/mol. The van der Waals surface area contributed by atoms with Gasteiger partial charge in [-0.25, -0.2) is 8.42 Å². The number of para-hydroxylation sites is 1. The van der Waals surface area contributed by atoms with Crippen LogP contribution in [0.1, 0.15) is 17.9 Å². The summed E-state index contributed by atoms with van der Waals surface area (Å²) in [5.41, 5.74) is 1.06. The van der Waals surface area contributed by atoms with Crippen molar-refractivity contribution in [3.8, 4) is 5.75 Å². The summed E-state index contributed by atoms with van der Waals surface area (Å²) in [6, 6.07) is 7.79. The van der Waals surface area contributed by atoms with Crippen LogP contribution < -0.4 is 4.74 Å². The van der Waals surface area contributed by atoms with Gasteiger partial charge in [-0.05, 0) is 18.4 Å². The van der Waals surface area contributed by atoms with Crippen molar-refractivity contribution in [2.24, 2.45) is 5.92 Å². The average molecular weight is 354 g/mol. The van der Waals surface area contributed by atoms with Gasteiger partial charge in [0.2, 0.25) is 5.89 Å². The number of nitrogens with zero attached hydrogens (tertiary/aromatic N) is 2. The second-order valence-electron chi connectivity index (χ2n) is 5.54. The van der Waals surface area contributed by atoms with E-state index in [1.807, 2.05) is 24.3 Å². The molecule has 1 aliphatic heterocycles. The van der Waals surface area contributed by atoms with Crippen molar-refractivity contribution < 1.29 is 17.6 Å². The van der Waals surface area contributed by atoms with Crippen LogP contribution in [0.25, 0.3) is 0 Å². The van der Waals surface area contributed by atoms with Crippen molar-refractivity contribution in [1.82, 2.24) is 10.2 Å². The van der Waals surface area contributed by atoms with Gasteiger partial charge in [0.1, 0.15) is 5.75 Å². The van der Waals surface area contributed by atoms with Gasteiger partial charge in [-0.1, -0.05) is 30.0 Å². The largest absolute Gasteiger partial charge is 0.496 e. The van der Waals surface area contributed by atoms with E-state index in [1.165, 1.54) is 11.8 Å². The molecule has 1 aromatic heterocycles. The first kappa shape index (κ1) is 16.3. The Kier molecular flexibility index (Phi) is 4.91. The number of sulfone groups is 1. The molecule has 1 aromatic carbocycles. The highest BCUT2D eigenvalue weighted by molar-refractivity contribution is 7.98. The summed E-state index contributed by atoms with van der Waals surface area (Å²) in [5, 5.41) is 8.53. The Morgan fingerprint density at radius 2 is 2.17 bits per heavy atom. The van der Waals surface area contributed by atoms with Gasteiger partial charge in [0.05, 0.1) is 18.6 Å². The maximum atomic E-state index is 11.5. The summed E-state index contributed by atoms with van der Waals surface area (Å²) in [4.78, 5) is 0. The van der Waals surface area contributed by atoms with Crippen LogP contribution in [0.4, 0.5) is 0 Å². The third kappa shape index (κ3) is 4.26. The van der Waals surface area contributed by atoms with Crippen LogP contribution in [0.2, 0.25) is 0 Å². The molecule has 1 fully saturated rings. The topological polar surface area (TPSA) is 82.3 Å². The molecule has 0 amide bonds. The van der Waals surface area contributed by atoms with Gasteiger partial charge < -0.3 is 9.15 Å². The summed E-state index contributed by atoms with van der Waals surface area (Å²) in [5.74, 6) is 2.59. The molecule has 3 rings (SSSR count). The first-order valence-corrected chi connectivity index (χ1v) is 10.1. The summed E-state index contributed by atoms with van der Waals surface area (Å²) in [6.45, 7) is 0. The zero-order chi connectivity index (χ0) is 16.3. The minimum absolute atomic E-state index is 0.0903. The van der Waals surface area contributed by atoms with Gasteiger partial charge in [-0.2, -0.15) is 0 Å². The predicted octanol–water partition coefficient (Wildman–Crippen LogP) is 2.35. The van der Waals surface area contributed by atoms with Crippen molar-refractivity contribution in [3.63, 3.8) is 0 Å². The lowest BCUT2D eigenvalue weighted by molar-refractivity contribution is 0.389. The van der Waals surface area contributed by atoms with Crippen LogP contribution in [0.3, 0.4) is 0 Å². The van der Waals surface area contributed by atoms with Gasteiger partial charge in [0.25, 0.3) is 5.22 Å². The number of rotatable bonds is 6. The lowest BCUT2D eigenvalue weighted by atomic mass is 10.1. The fourth-order valence-electron chi connectivity index (χ4n) is 2.62. The molecule has 124 valence electrons. The van der Waals surface area contributed by atoms with Crippen LogP contribution in [0, 0.1) is 5.92 Å². The normalized spacial score (nSPS) is 19.8. The van der Waals surface area contributed by atoms with Gasteiger partial charge in [0.15, 0.2) is 9.84 Å². The number of benzene rings is 1. The Labute approximate surface area is 139 Å². The molecule has 0 N–H and O–H groups in total. The van der Waals surface area contributed by atoms with Crippen molar-refractivity contribution in [2.45, 2.75) is 23.8 Å². The fourth-order valence-corrected chi connectivity index (χ4v) is 5.25. The fraction of sp³-hybridized carbons (Fsp3) is 0.467. The van der Waals surface area contributed by atoms with E-state index in [-0.39, 0.29) is 17.4 Å². The summed E-state index contributed by atoms with van der Waals surface area (Å²) in [6.07, 6.45) is 1.20. The van der Waals surface area contributed by atoms with Gasteiger partial charge in [0, 0.05) is 17.7 Å². The van der Waals surface area contributed by atoms with Crippen LogP contribution in [-0.2, 0) is 22.0 Å². The molecule has 0 saturated carbocycles. The standard InChI is InChI=1S/C15H18N2O4S2/c1-20-13-5-3-2-4-12(13)9-22-15-17-16-14(21-15)8-11-6-7-23(18,19)10-11/h2-5,11H,6-10H2,1H3. The number of methoxy groups -OCH3 is 1. The van der Waals surface area contributed by atoms with E-state index in [2.05, 4.69) is 10.2 Å². The van der Waals surface area contributed by atoms with E-state index in [0.717, 1.165) is 11.3 Å². The highest BCUT2D eigenvalue weighted by Crippen LogP contribution is 2.28. The molecule has 1 atom stereocenters. The minimum atomic E-state index is -2.87. The van der Waals surface area contributed by atoms with Crippen LogP contribution in [-0.4, -0.2) is 37.2 Å². The molecule has 2 aromatic rings. The van der Waals surface area contributed by atoms with Crippen molar-refractivity contribution in [3.05, 3.63) is 35.7 Å². The Bertz CT molecular complexity index is 773. The molecule has 2 heterocycles. The van der Waals surface area contributed by atoms with Crippen molar-refractivity contribution in [2.75, 3.05) is 18.6 Å². The molecule has 1 aliphatic rings. The Morgan fingerprint density at radius 1 is 1.35 bits per heavy atom. The SMILES string of the molecule is COc1ccccc1CSc1nnc(CC2CCS(=O)(=O)C2)o1. The van der Waals surface area contributed by atoms with Crippen LogP contribution in [0.5, 0.6) is 5.75 Å². The van der Waals surface area contributed by atoms with E-state index in [0.29, 0.717) is 29.7 Å². The van der Waals surface area contributed by atoms with Gasteiger partial charge in [-0.15, -0.1) is 10.2 Å². The van der Waals surface area contributed by atoms with Crippen molar-refractivity contribution in [1.29, 1.82) is 0 Å². The Morgan fingerprint density at radius 3 is 2.91 bits per heavy atom. The molecule has 6 nitrogen and oxygen atoms in total. The average Bonchev–Trinajstić information content (AvgIpc) is 3.12. The van der Waals surface area contributed by atoms with E-state index >= 15 is 0 Å². The lowest BCUT2D eigenvalue weighted by Gasteiger charge is -2.05. The number of ether oxygens (including phenoxy) is 1. The molecular formula is C15H18N2O4S2. The Hall–Kier alpha value is -1.54. The highest BCUT2D eigenvalue weighted by Gasteiger charge is 2.29. The van der Waals surface area contributed by atoms with E-state index in [9.17, 15) is 8.42 Å². The molecule has 1 unspecified atom stereocenters. The maximum absolute atomic E-state index is 11.5. The first-order chi connectivity index (χ1) is 11.1. The molecule has 0 aliphatic carbocycles. The number of hydrogen-bond donors (Lipinski definition) is 0. The monoisotopic (exact) mass is 354 g/mol. The number of hydrogen-bond acceptors (Lipinski definition) is 7. The van der Waals surface area contributed by atoms with Crippen LogP contribution in [0.15, 0.2) is 33.9 Å². The predicted molar refractivity (Wildman–Crippen MR) is 87.3 cm³/mol. The molecule has 0 radical (unpaired) electrons. The quantitative estimate of drug-likeness (QED) is 0.736.